The van der Waals surface area contributed by atoms with E-state index in [0.29, 0.717) is 52.8 Å². The third-order valence-corrected chi connectivity index (χ3v) is 5.72. The van der Waals surface area contributed by atoms with E-state index in [1.807, 2.05) is 0 Å². The molecule has 1 atom stereocenters. The molecule has 0 aliphatic rings. The topological polar surface area (TPSA) is 105 Å². The van der Waals surface area contributed by atoms with Crippen molar-refractivity contribution in [3.05, 3.63) is 89.4 Å². The zero-order valence-corrected chi connectivity index (χ0v) is 19.5. The molecule has 7 nitrogen and oxygen atoms in total. The van der Waals surface area contributed by atoms with Crippen molar-refractivity contribution in [1.82, 2.24) is 20.3 Å². The van der Waals surface area contributed by atoms with Gasteiger partial charge in [-0.25, -0.2) is 18.7 Å². The lowest BCUT2D eigenvalue weighted by molar-refractivity contribution is -0.137. The summed E-state index contributed by atoms with van der Waals surface area (Å²) >= 11 is 0. The lowest BCUT2D eigenvalue weighted by atomic mass is 10.0. The number of hydrogen-bond donors (Lipinski definition) is 2. The summed E-state index contributed by atoms with van der Waals surface area (Å²) in [6.07, 6.45) is 3.03. The molecule has 0 saturated carbocycles. The fraction of sp³-hybridized carbons (Fsp3) is 0.222. The lowest BCUT2D eigenvalue weighted by Crippen LogP contribution is -2.27. The van der Waals surface area contributed by atoms with E-state index in [4.69, 9.17) is 15.1 Å². The van der Waals surface area contributed by atoms with Gasteiger partial charge in [0.15, 0.2) is 0 Å². The number of nitrogens with one attached hydrogen (secondary N) is 1. The molecule has 2 aromatic carbocycles. The second-order valence-corrected chi connectivity index (χ2v) is 8.40. The number of nitrogens with zero attached hydrogens (tertiary/aromatic N) is 3. The van der Waals surface area contributed by atoms with Crippen LogP contribution in [0.4, 0.5) is 8.78 Å². The van der Waals surface area contributed by atoms with Crippen LogP contribution in [0.5, 0.6) is 0 Å². The van der Waals surface area contributed by atoms with Crippen molar-refractivity contribution in [2.45, 2.75) is 38.6 Å². The summed E-state index contributed by atoms with van der Waals surface area (Å²) in [5, 5.41) is 11.7. The van der Waals surface area contributed by atoms with Crippen molar-refractivity contribution < 1.29 is 23.5 Å². The van der Waals surface area contributed by atoms with Crippen LogP contribution in [0.3, 0.4) is 0 Å². The van der Waals surface area contributed by atoms with Gasteiger partial charge in [-0.1, -0.05) is 0 Å². The average Bonchev–Trinajstić information content (AvgIpc) is 2.86. The van der Waals surface area contributed by atoms with Crippen LogP contribution in [-0.4, -0.2) is 31.9 Å². The number of carboxylic acids is 1. The highest BCUT2D eigenvalue weighted by atomic mass is 19.1. The van der Waals surface area contributed by atoms with E-state index in [0.717, 1.165) is 0 Å². The van der Waals surface area contributed by atoms with Gasteiger partial charge in [0, 0.05) is 23.7 Å². The van der Waals surface area contributed by atoms with E-state index in [-0.39, 0.29) is 17.9 Å². The molecule has 36 heavy (non-hydrogen) atoms. The van der Waals surface area contributed by atoms with Gasteiger partial charge in [0.1, 0.15) is 11.6 Å². The van der Waals surface area contributed by atoms with Crippen LogP contribution in [0.2, 0.25) is 0 Å². The number of halogens is 2. The number of benzene rings is 2. The Bertz CT molecular complexity index is 1410. The van der Waals surface area contributed by atoms with E-state index >= 15 is 0 Å². The molecule has 0 radical (unpaired) electrons. The molecule has 4 aromatic rings. The highest BCUT2D eigenvalue weighted by Gasteiger charge is 2.18. The maximum atomic E-state index is 14.0. The van der Waals surface area contributed by atoms with Crippen molar-refractivity contribution in [2.75, 3.05) is 0 Å². The molecule has 0 fully saturated rings. The molecule has 0 spiro atoms. The predicted octanol–water partition coefficient (Wildman–Crippen LogP) is 5.26. The maximum Gasteiger partial charge on any atom is 0.303 e. The second-order valence-electron chi connectivity index (χ2n) is 8.40. The van der Waals surface area contributed by atoms with Crippen LogP contribution in [0.25, 0.3) is 22.3 Å². The highest BCUT2D eigenvalue weighted by molar-refractivity contribution is 5.97. The number of carbonyl (C=O) groups excluding carboxylic acids is 1. The minimum absolute atomic E-state index is 0.0479. The number of rotatable bonds is 9. The molecule has 184 valence electrons. The maximum absolute atomic E-state index is 14.0. The van der Waals surface area contributed by atoms with Crippen molar-refractivity contribution in [2.24, 2.45) is 0 Å². The first-order valence-corrected chi connectivity index (χ1v) is 11.5. The van der Waals surface area contributed by atoms with E-state index in [1.165, 1.54) is 30.5 Å². The third-order valence-electron chi connectivity index (χ3n) is 5.72. The van der Waals surface area contributed by atoms with E-state index in [2.05, 4.69) is 10.3 Å². The molecule has 0 saturated heterocycles. The number of pyridine rings is 1. The van der Waals surface area contributed by atoms with Crippen LogP contribution in [0.1, 0.15) is 54.0 Å². The van der Waals surface area contributed by atoms with Gasteiger partial charge in [0.25, 0.3) is 5.91 Å². The molecule has 0 bridgehead atoms. The van der Waals surface area contributed by atoms with Crippen LogP contribution in [0, 0.1) is 11.6 Å². The number of aryl methyl sites for hydroxylation is 1. The highest BCUT2D eigenvalue weighted by Crippen LogP contribution is 2.26. The summed E-state index contributed by atoms with van der Waals surface area (Å²) in [6.45, 7) is 1.65. The number of fused-ring (bicyclic) bond motifs is 1. The largest absolute Gasteiger partial charge is 0.481 e. The summed E-state index contributed by atoms with van der Waals surface area (Å²) < 4.78 is 27.5. The Kier molecular flexibility index (Phi) is 7.58. The zero-order chi connectivity index (χ0) is 25.7. The van der Waals surface area contributed by atoms with E-state index in [1.54, 1.807) is 37.3 Å². The summed E-state index contributed by atoms with van der Waals surface area (Å²) in [5.41, 5.74) is 3.38. The predicted molar refractivity (Wildman–Crippen MR) is 130 cm³/mol. The molecular formula is C27H24F2N4O3. The molecule has 1 amide bonds. The minimum atomic E-state index is -0.867. The fourth-order valence-corrected chi connectivity index (χ4v) is 3.88. The Labute approximate surface area is 206 Å². The number of carbonyl (C=O) groups is 2. The number of carboxylic acid groups (broad SMARTS) is 1. The minimum Gasteiger partial charge on any atom is -0.481 e. The standard InChI is InChI=1S/C27H24F2N4O3/c1-16(25-20(29)5-4-14-30-25)31-27(36)18-10-13-21-23(15-18)32-22(6-2-3-7-24(34)35)26(33-21)17-8-11-19(28)12-9-17/h4-5,8-16H,2-3,6-7H2,1H3,(H,31,36)(H,34,35)/t16-/m0/s1. The summed E-state index contributed by atoms with van der Waals surface area (Å²) in [4.78, 5) is 37.2. The number of unbranched alkanes of at least 4 members (excludes halogenated alkanes) is 1. The number of hydrogen-bond acceptors (Lipinski definition) is 5. The Morgan fingerprint density at radius 2 is 1.78 bits per heavy atom. The number of amides is 1. The van der Waals surface area contributed by atoms with Crippen LogP contribution in [0.15, 0.2) is 60.8 Å². The van der Waals surface area contributed by atoms with Crippen molar-refractivity contribution in [3.8, 4) is 11.3 Å². The lowest BCUT2D eigenvalue weighted by Gasteiger charge is -2.15. The van der Waals surface area contributed by atoms with Crippen molar-refractivity contribution in [3.63, 3.8) is 0 Å². The van der Waals surface area contributed by atoms with Gasteiger partial charge in [-0.3, -0.25) is 14.6 Å². The number of aliphatic carboxylic acids is 1. The van der Waals surface area contributed by atoms with Gasteiger partial charge in [-0.2, -0.15) is 0 Å². The van der Waals surface area contributed by atoms with Gasteiger partial charge >= 0.3 is 5.97 Å². The second kappa shape index (κ2) is 11.0. The molecule has 9 heteroatoms. The molecule has 2 N–H and O–H groups in total. The summed E-state index contributed by atoms with van der Waals surface area (Å²) in [5.74, 6) is -2.16. The average molecular weight is 491 g/mol. The number of aromatic nitrogens is 3. The third kappa shape index (κ3) is 5.86. The Morgan fingerprint density at radius 1 is 1.00 bits per heavy atom. The first-order valence-electron chi connectivity index (χ1n) is 11.5. The zero-order valence-electron chi connectivity index (χ0n) is 19.5. The van der Waals surface area contributed by atoms with E-state index in [9.17, 15) is 18.4 Å². The van der Waals surface area contributed by atoms with Gasteiger partial charge in [0.2, 0.25) is 0 Å². The van der Waals surface area contributed by atoms with Crippen molar-refractivity contribution in [1.29, 1.82) is 0 Å². The first kappa shape index (κ1) is 24.8. The van der Waals surface area contributed by atoms with Crippen molar-refractivity contribution >= 4 is 22.9 Å². The van der Waals surface area contributed by atoms with Crippen LogP contribution in [-0.2, 0) is 11.2 Å². The monoisotopic (exact) mass is 490 g/mol. The summed E-state index contributed by atoms with van der Waals surface area (Å²) in [7, 11) is 0. The molecule has 2 aromatic heterocycles. The van der Waals surface area contributed by atoms with Crippen LogP contribution < -0.4 is 5.32 Å². The molecule has 0 aliphatic carbocycles. The molecule has 0 aliphatic heterocycles. The normalized spacial score (nSPS) is 11.9. The summed E-state index contributed by atoms with van der Waals surface area (Å²) in [6, 6.07) is 12.9. The van der Waals surface area contributed by atoms with E-state index < -0.39 is 23.7 Å². The van der Waals surface area contributed by atoms with Gasteiger partial charge in [-0.05, 0) is 80.8 Å². The molecule has 0 unspecified atom stereocenters. The first-order chi connectivity index (χ1) is 17.3. The Balaban J connectivity index is 1.63. The molecule has 2 heterocycles. The van der Waals surface area contributed by atoms with Gasteiger partial charge in [0.05, 0.1) is 34.2 Å². The Hall–Kier alpha value is -4.27. The quantitative estimate of drug-likeness (QED) is 0.310. The molecule has 4 rings (SSSR count). The fourth-order valence-electron chi connectivity index (χ4n) is 3.88. The van der Waals surface area contributed by atoms with Gasteiger partial charge in [-0.15, -0.1) is 0 Å². The van der Waals surface area contributed by atoms with Gasteiger partial charge < -0.3 is 10.4 Å². The smallest absolute Gasteiger partial charge is 0.303 e. The Morgan fingerprint density at radius 3 is 2.50 bits per heavy atom. The van der Waals surface area contributed by atoms with Crippen LogP contribution >= 0.6 is 0 Å². The molecular weight excluding hydrogens is 466 g/mol. The SMILES string of the molecule is C[C@H](NC(=O)c1ccc2nc(-c3ccc(F)cc3)c(CCCCC(=O)O)nc2c1)c1ncccc1F.